The highest BCUT2D eigenvalue weighted by atomic mass is 16.5. The van der Waals surface area contributed by atoms with Crippen molar-refractivity contribution < 1.29 is 9.47 Å². The third-order valence-electron chi connectivity index (χ3n) is 4.60. The van der Waals surface area contributed by atoms with Gasteiger partial charge in [-0.2, -0.15) is 0 Å². The topological polar surface area (TPSA) is 30.5 Å². The van der Waals surface area contributed by atoms with Crippen molar-refractivity contribution in [3.05, 3.63) is 0 Å². The summed E-state index contributed by atoms with van der Waals surface area (Å²) in [5.74, 6) is 0.826. The van der Waals surface area contributed by atoms with Gasteiger partial charge in [-0.1, -0.05) is 27.7 Å². The molecule has 0 radical (unpaired) electrons. The summed E-state index contributed by atoms with van der Waals surface area (Å²) in [6, 6.07) is 0. The Morgan fingerprint density at radius 3 is 2.25 bits per heavy atom. The van der Waals surface area contributed by atoms with Gasteiger partial charge in [-0.05, 0) is 50.5 Å². The Kier molecular flexibility index (Phi) is 7.49. The first-order chi connectivity index (χ1) is 9.43. The van der Waals surface area contributed by atoms with Gasteiger partial charge in [0.15, 0.2) is 0 Å². The lowest BCUT2D eigenvalue weighted by atomic mass is 9.68. The van der Waals surface area contributed by atoms with Crippen molar-refractivity contribution in [1.82, 2.24) is 5.32 Å². The summed E-state index contributed by atoms with van der Waals surface area (Å²) in [6.45, 7) is 12.5. The highest BCUT2D eigenvalue weighted by molar-refractivity contribution is 4.91. The Bertz CT molecular complexity index is 252. The molecule has 1 fully saturated rings. The van der Waals surface area contributed by atoms with Crippen LogP contribution >= 0.6 is 0 Å². The first-order valence-electron chi connectivity index (χ1n) is 8.30. The van der Waals surface area contributed by atoms with Crippen LogP contribution in [-0.2, 0) is 9.47 Å². The molecule has 0 aromatic rings. The highest BCUT2D eigenvalue weighted by Crippen LogP contribution is 2.42. The van der Waals surface area contributed by atoms with Crippen LogP contribution in [0.2, 0.25) is 0 Å². The van der Waals surface area contributed by atoms with Crippen LogP contribution in [0.15, 0.2) is 0 Å². The van der Waals surface area contributed by atoms with Crippen molar-refractivity contribution in [2.45, 2.75) is 65.4 Å². The average molecular weight is 285 g/mol. The Labute approximate surface area is 125 Å². The summed E-state index contributed by atoms with van der Waals surface area (Å²) >= 11 is 0. The fourth-order valence-corrected chi connectivity index (χ4v) is 3.27. The zero-order valence-electron chi connectivity index (χ0n) is 14.3. The molecular formula is C17H35NO2. The quantitative estimate of drug-likeness (QED) is 0.691. The molecule has 0 amide bonds. The predicted molar refractivity (Wildman–Crippen MR) is 85.1 cm³/mol. The Morgan fingerprint density at radius 2 is 1.75 bits per heavy atom. The molecule has 0 atom stereocenters. The minimum atomic E-state index is 0.0338. The fraction of sp³-hybridized carbons (Fsp3) is 1.00. The summed E-state index contributed by atoms with van der Waals surface area (Å²) in [6.07, 6.45) is 5.98. The van der Waals surface area contributed by atoms with Gasteiger partial charge in [-0.25, -0.2) is 0 Å². The molecule has 3 heteroatoms. The van der Waals surface area contributed by atoms with Gasteiger partial charge in [0.25, 0.3) is 0 Å². The number of likely N-dealkylation sites (N-methyl/N-ethyl adjacent to an activating group) is 1. The Balaban J connectivity index is 2.41. The molecule has 3 nitrogen and oxygen atoms in total. The molecule has 120 valence electrons. The summed E-state index contributed by atoms with van der Waals surface area (Å²) in [7, 11) is 2.02. The molecule has 1 aliphatic rings. The molecule has 0 heterocycles. The molecule has 0 unspecified atom stereocenters. The van der Waals surface area contributed by atoms with Crippen LogP contribution in [0.1, 0.15) is 59.8 Å². The molecule has 0 aromatic heterocycles. The third-order valence-corrected chi connectivity index (χ3v) is 4.60. The predicted octanol–water partition coefficient (Wildman–Crippen LogP) is 3.62. The molecule has 0 saturated heterocycles. The standard InChI is InChI=1S/C17H35NO2/c1-6-11-19-12-13-20-17(14-18-5)9-7-15(8-10-17)16(2,3)4/h15,18H,6-14H2,1-5H3. The van der Waals surface area contributed by atoms with E-state index in [0.717, 1.165) is 38.7 Å². The van der Waals surface area contributed by atoms with E-state index in [9.17, 15) is 0 Å². The molecule has 0 aromatic carbocycles. The second kappa shape index (κ2) is 8.35. The van der Waals surface area contributed by atoms with Crippen molar-refractivity contribution in [3.63, 3.8) is 0 Å². The molecule has 0 bridgehead atoms. The summed E-state index contributed by atoms with van der Waals surface area (Å²) in [5.41, 5.74) is 0.460. The Morgan fingerprint density at radius 1 is 1.10 bits per heavy atom. The van der Waals surface area contributed by atoms with Gasteiger partial charge in [0.2, 0.25) is 0 Å². The maximum Gasteiger partial charge on any atom is 0.0807 e. The van der Waals surface area contributed by atoms with E-state index in [1.165, 1.54) is 25.7 Å². The molecular weight excluding hydrogens is 250 g/mol. The van der Waals surface area contributed by atoms with E-state index in [2.05, 4.69) is 33.0 Å². The maximum absolute atomic E-state index is 6.23. The van der Waals surface area contributed by atoms with Gasteiger partial charge in [-0.15, -0.1) is 0 Å². The van der Waals surface area contributed by atoms with E-state index in [0.29, 0.717) is 5.41 Å². The molecule has 1 saturated carbocycles. The summed E-state index contributed by atoms with van der Waals surface area (Å²) < 4.78 is 11.8. The third kappa shape index (κ3) is 5.71. The number of hydrogen-bond acceptors (Lipinski definition) is 3. The van der Waals surface area contributed by atoms with Crippen LogP contribution in [-0.4, -0.2) is 39.0 Å². The van der Waals surface area contributed by atoms with Crippen LogP contribution in [0.5, 0.6) is 0 Å². The molecule has 0 aliphatic heterocycles. The van der Waals surface area contributed by atoms with Crippen molar-refractivity contribution in [2.75, 3.05) is 33.4 Å². The molecule has 0 spiro atoms. The van der Waals surface area contributed by atoms with Gasteiger partial charge < -0.3 is 14.8 Å². The van der Waals surface area contributed by atoms with Crippen LogP contribution in [0.3, 0.4) is 0 Å². The zero-order chi connectivity index (χ0) is 15.1. The first kappa shape index (κ1) is 17.9. The van der Waals surface area contributed by atoms with Crippen LogP contribution in [0.25, 0.3) is 0 Å². The lowest BCUT2D eigenvalue weighted by Gasteiger charge is -2.44. The van der Waals surface area contributed by atoms with Gasteiger partial charge in [0, 0.05) is 13.2 Å². The van der Waals surface area contributed by atoms with Crippen molar-refractivity contribution >= 4 is 0 Å². The van der Waals surface area contributed by atoms with Crippen LogP contribution in [0.4, 0.5) is 0 Å². The fourth-order valence-electron chi connectivity index (χ4n) is 3.27. The molecule has 1 aliphatic carbocycles. The Hall–Kier alpha value is -0.120. The number of hydrogen-bond donors (Lipinski definition) is 1. The lowest BCUT2D eigenvalue weighted by molar-refractivity contribution is -0.0982. The van der Waals surface area contributed by atoms with E-state index in [-0.39, 0.29) is 5.60 Å². The zero-order valence-corrected chi connectivity index (χ0v) is 14.3. The van der Waals surface area contributed by atoms with Gasteiger partial charge in [0.05, 0.1) is 18.8 Å². The average Bonchev–Trinajstić information content (AvgIpc) is 2.38. The van der Waals surface area contributed by atoms with E-state index in [4.69, 9.17) is 9.47 Å². The smallest absolute Gasteiger partial charge is 0.0807 e. The summed E-state index contributed by atoms with van der Waals surface area (Å²) in [4.78, 5) is 0. The van der Waals surface area contributed by atoms with Crippen molar-refractivity contribution in [1.29, 1.82) is 0 Å². The van der Waals surface area contributed by atoms with Crippen LogP contribution in [0, 0.1) is 11.3 Å². The van der Waals surface area contributed by atoms with E-state index in [1.54, 1.807) is 0 Å². The maximum atomic E-state index is 6.23. The van der Waals surface area contributed by atoms with Gasteiger partial charge >= 0.3 is 0 Å². The number of rotatable bonds is 8. The summed E-state index contributed by atoms with van der Waals surface area (Å²) in [5, 5.41) is 3.32. The molecule has 1 rings (SSSR count). The van der Waals surface area contributed by atoms with Gasteiger partial charge in [0.1, 0.15) is 0 Å². The van der Waals surface area contributed by atoms with E-state index >= 15 is 0 Å². The minimum Gasteiger partial charge on any atom is -0.379 e. The monoisotopic (exact) mass is 285 g/mol. The first-order valence-corrected chi connectivity index (χ1v) is 8.30. The highest BCUT2D eigenvalue weighted by Gasteiger charge is 2.39. The van der Waals surface area contributed by atoms with Crippen molar-refractivity contribution in [3.8, 4) is 0 Å². The van der Waals surface area contributed by atoms with Crippen LogP contribution < -0.4 is 5.32 Å². The SMILES string of the molecule is CCCOCCOC1(CNC)CCC(C(C)(C)C)CC1. The largest absolute Gasteiger partial charge is 0.379 e. The van der Waals surface area contributed by atoms with Gasteiger partial charge in [-0.3, -0.25) is 0 Å². The van der Waals surface area contributed by atoms with E-state index < -0.39 is 0 Å². The van der Waals surface area contributed by atoms with E-state index in [1.807, 2.05) is 7.05 Å². The minimum absolute atomic E-state index is 0.0338. The van der Waals surface area contributed by atoms with Crippen molar-refractivity contribution in [2.24, 2.45) is 11.3 Å². The molecule has 1 N–H and O–H groups in total. The second-order valence-electron chi connectivity index (χ2n) is 7.31. The normalized spacial score (nSPS) is 27.8. The number of ether oxygens (including phenoxy) is 2. The molecule has 20 heavy (non-hydrogen) atoms. The lowest BCUT2D eigenvalue weighted by Crippen LogP contribution is -2.47. The second-order valence-corrected chi connectivity index (χ2v) is 7.31. The number of nitrogens with one attached hydrogen (secondary N) is 1.